The first kappa shape index (κ1) is 7.35. The Hall–Kier alpha value is -1.76. The number of aryl methyl sites for hydroxylation is 1. The molecule has 0 atom stereocenters. The summed E-state index contributed by atoms with van der Waals surface area (Å²) in [7, 11) is 1.67. The number of carbonyl (C=O) groups is 1. The maximum Gasteiger partial charge on any atom is 0.265 e. The molecule has 0 aliphatic carbocycles. The summed E-state index contributed by atoms with van der Waals surface area (Å²) >= 11 is 0. The van der Waals surface area contributed by atoms with Crippen molar-refractivity contribution < 1.29 is 4.79 Å². The van der Waals surface area contributed by atoms with Gasteiger partial charge in [0.15, 0.2) is 0 Å². The number of carbonyl (C=O) groups excluding carboxylic acids is 1. The van der Waals surface area contributed by atoms with E-state index >= 15 is 0 Å². The Kier molecular flexibility index (Phi) is 1.65. The van der Waals surface area contributed by atoms with Gasteiger partial charge in [0.25, 0.3) is 5.91 Å². The molecule has 1 amide bonds. The number of hydrogen-bond donors (Lipinski definition) is 1. The summed E-state index contributed by atoms with van der Waals surface area (Å²) in [5.74, 6) is -0.519. The average molecular weight is 149 g/mol. The predicted molar refractivity (Wildman–Crippen MR) is 38.6 cm³/mol. The number of nitrogens with two attached hydrogens (primary N) is 1. The monoisotopic (exact) mass is 149 g/mol. The second kappa shape index (κ2) is 2.46. The van der Waals surface area contributed by atoms with Crippen LogP contribution in [0.3, 0.4) is 0 Å². The highest BCUT2D eigenvalue weighted by molar-refractivity contribution is 5.91. The first-order valence-corrected chi connectivity index (χ1v) is 3.01. The van der Waals surface area contributed by atoms with Gasteiger partial charge in [0.05, 0.1) is 5.56 Å². The second-order valence-corrected chi connectivity index (χ2v) is 2.20. The van der Waals surface area contributed by atoms with Crippen LogP contribution in [-0.2, 0) is 7.05 Å². The van der Waals surface area contributed by atoms with Crippen LogP contribution in [0.2, 0.25) is 0 Å². The number of aromatic nitrogens is 1. The number of nitrogens with zero attached hydrogens (tertiary/aromatic N) is 2. The van der Waals surface area contributed by atoms with Gasteiger partial charge in [-0.25, -0.2) is 0 Å². The summed E-state index contributed by atoms with van der Waals surface area (Å²) in [5, 5.41) is 8.44. The normalized spacial score (nSPS) is 9.09. The molecule has 0 aliphatic rings. The van der Waals surface area contributed by atoms with Crippen molar-refractivity contribution in [3.05, 3.63) is 23.5 Å². The highest BCUT2D eigenvalue weighted by Gasteiger charge is 2.06. The number of amides is 1. The van der Waals surface area contributed by atoms with Gasteiger partial charge in [-0.3, -0.25) is 4.79 Å². The zero-order valence-corrected chi connectivity index (χ0v) is 6.03. The molecule has 0 saturated heterocycles. The fourth-order valence-corrected chi connectivity index (χ4v) is 0.871. The van der Waals surface area contributed by atoms with Crippen LogP contribution in [0.15, 0.2) is 12.3 Å². The average Bonchev–Trinajstić information content (AvgIpc) is 2.30. The minimum Gasteiger partial charge on any atom is -0.364 e. The molecule has 0 aromatic carbocycles. The van der Waals surface area contributed by atoms with Crippen molar-refractivity contribution in [1.29, 1.82) is 5.26 Å². The van der Waals surface area contributed by atoms with Crippen LogP contribution in [0.4, 0.5) is 0 Å². The van der Waals surface area contributed by atoms with Gasteiger partial charge in [-0.2, -0.15) is 5.26 Å². The van der Waals surface area contributed by atoms with Gasteiger partial charge in [-0.15, -0.1) is 0 Å². The van der Waals surface area contributed by atoms with E-state index in [2.05, 4.69) is 0 Å². The SMILES string of the molecule is Cn1cc(C#N)cc1C(N)=O. The molecule has 0 radical (unpaired) electrons. The number of primary amides is 1. The Bertz CT molecular complexity index is 332. The van der Waals surface area contributed by atoms with Crippen LogP contribution in [0.5, 0.6) is 0 Å². The van der Waals surface area contributed by atoms with Crippen molar-refractivity contribution in [3.8, 4) is 6.07 Å². The van der Waals surface area contributed by atoms with Gasteiger partial charge >= 0.3 is 0 Å². The van der Waals surface area contributed by atoms with Crippen molar-refractivity contribution in [1.82, 2.24) is 4.57 Å². The van der Waals surface area contributed by atoms with Gasteiger partial charge in [-0.1, -0.05) is 0 Å². The molecule has 0 aliphatic heterocycles. The molecule has 56 valence electrons. The number of nitriles is 1. The third-order valence-electron chi connectivity index (χ3n) is 1.39. The van der Waals surface area contributed by atoms with Crippen molar-refractivity contribution in [3.63, 3.8) is 0 Å². The summed E-state index contributed by atoms with van der Waals surface area (Å²) < 4.78 is 1.53. The quantitative estimate of drug-likeness (QED) is 0.610. The van der Waals surface area contributed by atoms with Crippen molar-refractivity contribution >= 4 is 5.91 Å². The topological polar surface area (TPSA) is 71.8 Å². The van der Waals surface area contributed by atoms with Crippen molar-refractivity contribution in [2.24, 2.45) is 12.8 Å². The Morgan fingerprint density at radius 2 is 2.45 bits per heavy atom. The van der Waals surface area contributed by atoms with Crippen LogP contribution in [0.1, 0.15) is 16.1 Å². The lowest BCUT2D eigenvalue weighted by atomic mass is 10.3. The third-order valence-corrected chi connectivity index (χ3v) is 1.39. The second-order valence-electron chi connectivity index (χ2n) is 2.20. The zero-order chi connectivity index (χ0) is 8.43. The Morgan fingerprint density at radius 3 is 2.73 bits per heavy atom. The van der Waals surface area contributed by atoms with Gasteiger partial charge in [-0.05, 0) is 6.07 Å². The summed E-state index contributed by atoms with van der Waals surface area (Å²) in [4.78, 5) is 10.6. The molecule has 2 N–H and O–H groups in total. The standard InChI is InChI=1S/C7H7N3O/c1-10-4-5(3-8)2-6(10)7(9)11/h2,4H,1H3,(H2,9,11). The van der Waals surface area contributed by atoms with E-state index in [4.69, 9.17) is 11.0 Å². The van der Waals surface area contributed by atoms with E-state index in [-0.39, 0.29) is 0 Å². The lowest BCUT2D eigenvalue weighted by Gasteiger charge is -1.93. The molecule has 0 fully saturated rings. The minimum absolute atomic E-state index is 0.349. The van der Waals surface area contributed by atoms with E-state index in [0.29, 0.717) is 11.3 Å². The smallest absolute Gasteiger partial charge is 0.265 e. The lowest BCUT2D eigenvalue weighted by Crippen LogP contribution is -2.14. The van der Waals surface area contributed by atoms with Gasteiger partial charge < -0.3 is 10.3 Å². The molecule has 4 nitrogen and oxygen atoms in total. The summed E-state index contributed by atoms with van der Waals surface area (Å²) in [6.45, 7) is 0. The summed E-state index contributed by atoms with van der Waals surface area (Å²) in [6.07, 6.45) is 1.56. The molecule has 1 heterocycles. The van der Waals surface area contributed by atoms with Gasteiger partial charge in [0, 0.05) is 13.2 Å². The van der Waals surface area contributed by atoms with E-state index in [0.717, 1.165) is 0 Å². The molecule has 1 rings (SSSR count). The fraction of sp³-hybridized carbons (Fsp3) is 0.143. The highest BCUT2D eigenvalue weighted by Crippen LogP contribution is 2.04. The van der Waals surface area contributed by atoms with Crippen LogP contribution < -0.4 is 5.73 Å². The molecule has 0 saturated carbocycles. The molecule has 11 heavy (non-hydrogen) atoms. The third kappa shape index (κ3) is 1.22. The first-order chi connectivity index (χ1) is 5.15. The Labute approximate surface area is 63.8 Å². The van der Waals surface area contributed by atoms with E-state index in [1.165, 1.54) is 10.6 Å². The van der Waals surface area contributed by atoms with Gasteiger partial charge in [0.1, 0.15) is 11.8 Å². The van der Waals surface area contributed by atoms with Crippen LogP contribution in [0, 0.1) is 11.3 Å². The minimum atomic E-state index is -0.519. The number of rotatable bonds is 1. The Morgan fingerprint density at radius 1 is 1.82 bits per heavy atom. The van der Waals surface area contributed by atoms with Crippen molar-refractivity contribution in [2.45, 2.75) is 0 Å². The molecule has 0 bridgehead atoms. The molecule has 0 spiro atoms. The lowest BCUT2D eigenvalue weighted by molar-refractivity contribution is 0.0992. The van der Waals surface area contributed by atoms with Crippen molar-refractivity contribution in [2.75, 3.05) is 0 Å². The fourth-order valence-electron chi connectivity index (χ4n) is 0.871. The molecule has 0 unspecified atom stereocenters. The van der Waals surface area contributed by atoms with Crippen LogP contribution >= 0.6 is 0 Å². The van der Waals surface area contributed by atoms with Crippen LogP contribution in [-0.4, -0.2) is 10.5 Å². The molecule has 1 aromatic heterocycles. The van der Waals surface area contributed by atoms with E-state index in [9.17, 15) is 4.79 Å². The first-order valence-electron chi connectivity index (χ1n) is 3.01. The Balaban J connectivity index is 3.20. The van der Waals surface area contributed by atoms with E-state index < -0.39 is 5.91 Å². The van der Waals surface area contributed by atoms with Crippen LogP contribution in [0.25, 0.3) is 0 Å². The summed E-state index contributed by atoms with van der Waals surface area (Å²) in [6, 6.07) is 3.38. The highest BCUT2D eigenvalue weighted by atomic mass is 16.1. The van der Waals surface area contributed by atoms with E-state index in [1.807, 2.05) is 6.07 Å². The zero-order valence-electron chi connectivity index (χ0n) is 6.03. The van der Waals surface area contributed by atoms with E-state index in [1.54, 1.807) is 13.2 Å². The maximum atomic E-state index is 10.6. The maximum absolute atomic E-state index is 10.6. The molecular formula is C7H7N3O. The largest absolute Gasteiger partial charge is 0.364 e. The van der Waals surface area contributed by atoms with Gasteiger partial charge in [0.2, 0.25) is 0 Å². The molecule has 4 heteroatoms. The number of hydrogen-bond acceptors (Lipinski definition) is 2. The summed E-state index contributed by atoms with van der Waals surface area (Å²) in [5.41, 5.74) is 5.81. The molecule has 1 aromatic rings. The predicted octanol–water partition coefficient (Wildman–Crippen LogP) is -0.00432. The molecular weight excluding hydrogens is 142 g/mol.